The van der Waals surface area contributed by atoms with E-state index in [1.165, 1.54) is 11.6 Å². The highest BCUT2D eigenvalue weighted by Gasteiger charge is 2.22. The molecular formula is C17H17N5O3. The van der Waals surface area contributed by atoms with Crippen molar-refractivity contribution in [2.24, 2.45) is 14.1 Å². The Labute approximate surface area is 143 Å². The molecule has 8 heteroatoms. The Morgan fingerprint density at radius 3 is 2.32 bits per heavy atom. The third kappa shape index (κ3) is 2.59. The molecule has 3 aromatic rings. The maximum absolute atomic E-state index is 12.6. The van der Waals surface area contributed by atoms with Crippen LogP contribution >= 0.6 is 0 Å². The molecule has 0 aliphatic carbocycles. The van der Waals surface area contributed by atoms with Crippen LogP contribution in [0.15, 0.2) is 33.9 Å². The molecule has 0 radical (unpaired) electrons. The first-order valence-electron chi connectivity index (χ1n) is 7.71. The average molecular weight is 339 g/mol. The molecule has 0 saturated carbocycles. The minimum atomic E-state index is -0.448. The zero-order chi connectivity index (χ0) is 18.3. The number of aryl methyl sites for hydroxylation is 1. The van der Waals surface area contributed by atoms with Gasteiger partial charge in [0.2, 0.25) is 0 Å². The predicted octanol–water partition coefficient (Wildman–Crippen LogP) is 1.68. The second-order valence-corrected chi connectivity index (χ2v) is 5.97. The van der Waals surface area contributed by atoms with E-state index in [0.717, 1.165) is 4.57 Å². The first-order chi connectivity index (χ1) is 11.8. The van der Waals surface area contributed by atoms with E-state index in [0.29, 0.717) is 16.8 Å². The molecule has 1 aromatic carbocycles. The molecule has 0 N–H and O–H groups in total. The predicted molar refractivity (Wildman–Crippen MR) is 91.8 cm³/mol. The molecule has 0 saturated heterocycles. The number of imidazole rings is 1. The lowest BCUT2D eigenvalue weighted by Gasteiger charge is -2.13. The van der Waals surface area contributed by atoms with Crippen LogP contribution in [0, 0.1) is 11.3 Å². The molecule has 0 spiro atoms. The lowest BCUT2D eigenvalue weighted by Crippen LogP contribution is -2.37. The molecule has 0 amide bonds. The average Bonchev–Trinajstić information content (AvgIpc) is 2.98. The molecule has 2 aromatic heterocycles. The molecule has 128 valence electrons. The summed E-state index contributed by atoms with van der Waals surface area (Å²) in [6.07, 6.45) is 0. The number of fused-ring (bicyclic) bond motifs is 1. The number of nitrogens with zero attached hydrogens (tertiary/aromatic N) is 5. The summed E-state index contributed by atoms with van der Waals surface area (Å²) in [6.45, 7) is 3.80. The van der Waals surface area contributed by atoms with E-state index in [1.807, 2.05) is 19.9 Å². The Morgan fingerprint density at radius 1 is 1.12 bits per heavy atom. The molecule has 8 nitrogen and oxygen atoms in total. The third-order valence-electron chi connectivity index (χ3n) is 3.97. The van der Waals surface area contributed by atoms with Gasteiger partial charge in [0.15, 0.2) is 11.2 Å². The first-order valence-corrected chi connectivity index (χ1v) is 7.71. The van der Waals surface area contributed by atoms with Gasteiger partial charge in [0, 0.05) is 20.1 Å². The van der Waals surface area contributed by atoms with Crippen molar-refractivity contribution in [1.82, 2.24) is 18.7 Å². The Balaban J connectivity index is 2.24. The Bertz CT molecular complexity index is 1110. The van der Waals surface area contributed by atoms with Crippen LogP contribution in [0.1, 0.15) is 25.5 Å². The van der Waals surface area contributed by atoms with Crippen LogP contribution in [0.3, 0.4) is 0 Å². The minimum Gasteiger partial charge on any atom is -0.425 e. The molecule has 0 unspecified atom stereocenters. The molecule has 2 heterocycles. The maximum atomic E-state index is 12.6. The molecule has 3 rings (SSSR count). The number of hydrogen-bond donors (Lipinski definition) is 0. The summed E-state index contributed by atoms with van der Waals surface area (Å²) in [4.78, 5) is 29.1. The lowest BCUT2D eigenvalue weighted by molar-refractivity contribution is 0.400. The van der Waals surface area contributed by atoms with E-state index in [-0.39, 0.29) is 17.7 Å². The summed E-state index contributed by atoms with van der Waals surface area (Å²) in [5.74, 6) is 0.484. The maximum Gasteiger partial charge on any atom is 0.332 e. The van der Waals surface area contributed by atoms with Crippen LogP contribution in [0.2, 0.25) is 0 Å². The van der Waals surface area contributed by atoms with Crippen molar-refractivity contribution in [1.29, 1.82) is 5.26 Å². The van der Waals surface area contributed by atoms with E-state index in [1.54, 1.807) is 35.9 Å². The van der Waals surface area contributed by atoms with Gasteiger partial charge in [0.1, 0.15) is 5.75 Å². The van der Waals surface area contributed by atoms with Gasteiger partial charge in [0.25, 0.3) is 5.56 Å². The van der Waals surface area contributed by atoms with Crippen molar-refractivity contribution < 1.29 is 4.74 Å². The van der Waals surface area contributed by atoms with Gasteiger partial charge in [-0.2, -0.15) is 10.2 Å². The second kappa shape index (κ2) is 5.94. The number of hydrogen-bond acceptors (Lipinski definition) is 5. The molecule has 0 bridgehead atoms. The number of aromatic nitrogens is 4. The van der Waals surface area contributed by atoms with Gasteiger partial charge in [-0.25, -0.2) is 4.79 Å². The van der Waals surface area contributed by atoms with Gasteiger partial charge in [-0.15, -0.1) is 0 Å². The molecule has 25 heavy (non-hydrogen) atoms. The fourth-order valence-corrected chi connectivity index (χ4v) is 2.65. The van der Waals surface area contributed by atoms with E-state index in [4.69, 9.17) is 10.00 Å². The SMILES string of the molecule is CC(C)n1c(Oc2ccc(C#N)cc2)nc2c1c(=O)n(C)c(=O)n2C. The zero-order valence-corrected chi connectivity index (χ0v) is 14.3. The van der Waals surface area contributed by atoms with Crippen LogP contribution in [0.25, 0.3) is 11.2 Å². The Morgan fingerprint density at radius 2 is 1.76 bits per heavy atom. The van der Waals surface area contributed by atoms with Gasteiger partial charge < -0.3 is 4.74 Å². The van der Waals surface area contributed by atoms with Crippen molar-refractivity contribution in [2.45, 2.75) is 19.9 Å². The van der Waals surface area contributed by atoms with Crippen LogP contribution in [0.4, 0.5) is 0 Å². The van der Waals surface area contributed by atoms with Crippen molar-refractivity contribution in [3.63, 3.8) is 0 Å². The Kier molecular flexibility index (Phi) is 3.93. The third-order valence-corrected chi connectivity index (χ3v) is 3.97. The van der Waals surface area contributed by atoms with Crippen molar-refractivity contribution in [3.8, 4) is 17.8 Å². The summed E-state index contributed by atoms with van der Waals surface area (Å²) in [5, 5.41) is 8.87. The number of nitriles is 1. The molecule has 0 aliphatic heterocycles. The van der Waals surface area contributed by atoms with Crippen LogP contribution in [0.5, 0.6) is 11.8 Å². The van der Waals surface area contributed by atoms with Crippen LogP contribution in [-0.4, -0.2) is 18.7 Å². The zero-order valence-electron chi connectivity index (χ0n) is 14.3. The molecule has 0 fully saturated rings. The van der Waals surface area contributed by atoms with E-state index in [2.05, 4.69) is 4.98 Å². The quantitative estimate of drug-likeness (QED) is 0.723. The lowest BCUT2D eigenvalue weighted by atomic mass is 10.2. The standard InChI is InChI=1S/C17H17N5O3/c1-10(2)22-13-14(20(3)17(24)21(4)15(13)23)19-16(22)25-12-7-5-11(9-18)6-8-12/h5-8,10H,1-4H3. The first kappa shape index (κ1) is 16.5. The molecule has 0 atom stereocenters. The van der Waals surface area contributed by atoms with Gasteiger partial charge in [-0.3, -0.25) is 18.5 Å². The highest BCUT2D eigenvalue weighted by molar-refractivity contribution is 5.72. The second-order valence-electron chi connectivity index (χ2n) is 5.97. The van der Waals surface area contributed by atoms with Gasteiger partial charge in [-0.05, 0) is 38.1 Å². The van der Waals surface area contributed by atoms with Crippen molar-refractivity contribution in [2.75, 3.05) is 0 Å². The summed E-state index contributed by atoms with van der Waals surface area (Å²) < 4.78 is 9.86. The van der Waals surface area contributed by atoms with Gasteiger partial charge >= 0.3 is 11.7 Å². The normalized spacial score (nSPS) is 11.0. The highest BCUT2D eigenvalue weighted by Crippen LogP contribution is 2.27. The van der Waals surface area contributed by atoms with E-state index in [9.17, 15) is 9.59 Å². The fourth-order valence-electron chi connectivity index (χ4n) is 2.65. The van der Waals surface area contributed by atoms with Crippen molar-refractivity contribution in [3.05, 3.63) is 50.7 Å². The number of benzene rings is 1. The summed E-state index contributed by atoms with van der Waals surface area (Å²) in [7, 11) is 3.00. The van der Waals surface area contributed by atoms with E-state index >= 15 is 0 Å². The van der Waals surface area contributed by atoms with E-state index < -0.39 is 11.2 Å². The number of rotatable bonds is 3. The van der Waals surface area contributed by atoms with Crippen LogP contribution < -0.4 is 16.0 Å². The summed E-state index contributed by atoms with van der Waals surface area (Å²) >= 11 is 0. The molecule has 0 aliphatic rings. The smallest absolute Gasteiger partial charge is 0.332 e. The van der Waals surface area contributed by atoms with Gasteiger partial charge in [-0.1, -0.05) is 0 Å². The monoisotopic (exact) mass is 339 g/mol. The fraction of sp³-hybridized carbons (Fsp3) is 0.294. The minimum absolute atomic E-state index is 0.108. The highest BCUT2D eigenvalue weighted by atomic mass is 16.5. The summed E-state index contributed by atoms with van der Waals surface area (Å²) in [6, 6.07) is 8.71. The van der Waals surface area contributed by atoms with Crippen molar-refractivity contribution >= 4 is 11.2 Å². The van der Waals surface area contributed by atoms with Gasteiger partial charge in [0.05, 0.1) is 11.6 Å². The Hall–Kier alpha value is -3.34. The number of ether oxygens (including phenoxy) is 1. The topological polar surface area (TPSA) is 94.8 Å². The summed E-state index contributed by atoms with van der Waals surface area (Å²) in [5.41, 5.74) is 0.222. The largest absolute Gasteiger partial charge is 0.425 e. The van der Waals surface area contributed by atoms with Crippen LogP contribution in [-0.2, 0) is 14.1 Å². The molecular weight excluding hydrogens is 322 g/mol.